The quantitative estimate of drug-likeness (QED) is 0.596. The third-order valence-corrected chi connectivity index (χ3v) is 7.86. The number of carbonyl (C=O) groups excluding carboxylic acids is 1. The van der Waals surface area contributed by atoms with Gasteiger partial charge in [0.15, 0.2) is 5.65 Å². The summed E-state index contributed by atoms with van der Waals surface area (Å²) in [5, 5.41) is 7.54. The first-order valence-electron chi connectivity index (χ1n) is 10.7. The number of likely N-dealkylation sites (tertiary alicyclic amines) is 1. The molecule has 1 amide bonds. The fourth-order valence-electron chi connectivity index (χ4n) is 5.48. The molecule has 1 aliphatic heterocycles. The minimum absolute atomic E-state index is 0.162. The van der Waals surface area contributed by atoms with Crippen molar-refractivity contribution in [3.8, 4) is 10.6 Å². The number of hydrogen-bond donors (Lipinski definition) is 0. The van der Waals surface area contributed by atoms with E-state index in [4.69, 9.17) is 4.98 Å². The van der Waals surface area contributed by atoms with Crippen LogP contribution in [-0.2, 0) is 7.05 Å². The summed E-state index contributed by atoms with van der Waals surface area (Å²) in [6.07, 6.45) is 6.03. The zero-order chi connectivity index (χ0) is 20.1. The maximum atomic E-state index is 13.9. The molecule has 6 heteroatoms. The van der Waals surface area contributed by atoms with Crippen molar-refractivity contribution in [2.45, 2.75) is 52.0 Å². The molecule has 2 aliphatic rings. The monoisotopic (exact) mass is 408 g/mol. The summed E-state index contributed by atoms with van der Waals surface area (Å²) in [5.41, 5.74) is 3.30. The molecule has 152 valence electrons. The van der Waals surface area contributed by atoms with Gasteiger partial charge in [0, 0.05) is 19.6 Å². The van der Waals surface area contributed by atoms with Crippen LogP contribution in [0.15, 0.2) is 23.6 Å². The van der Waals surface area contributed by atoms with E-state index in [0.717, 1.165) is 52.2 Å². The Labute approximate surface area is 175 Å². The molecule has 0 spiro atoms. The third kappa shape index (κ3) is 3.08. The largest absolute Gasteiger partial charge is 0.335 e. The molecule has 1 saturated carbocycles. The number of aryl methyl sites for hydroxylation is 2. The van der Waals surface area contributed by atoms with Crippen molar-refractivity contribution in [2.24, 2.45) is 18.9 Å². The fourth-order valence-corrected chi connectivity index (χ4v) is 6.17. The van der Waals surface area contributed by atoms with Crippen molar-refractivity contribution in [1.29, 1.82) is 0 Å². The number of carbonyl (C=O) groups is 1. The Morgan fingerprint density at radius 1 is 1.24 bits per heavy atom. The number of fused-ring (bicyclic) bond motifs is 2. The molecule has 29 heavy (non-hydrogen) atoms. The van der Waals surface area contributed by atoms with Crippen LogP contribution in [0.3, 0.4) is 0 Å². The van der Waals surface area contributed by atoms with Crippen molar-refractivity contribution in [3.05, 3.63) is 34.8 Å². The first kappa shape index (κ1) is 18.8. The number of piperidine rings is 1. The standard InChI is InChI=1S/C23H28N4OS/c1-14-10-11-27(19-8-5-4-7-16(14)19)23(28)17-13-18(20-9-6-12-29-20)24-22-21(17)15(2)25-26(22)3/h6,9,12-14,16,19H,4-5,7-8,10-11H2,1-3H3. The van der Waals surface area contributed by atoms with E-state index in [1.807, 2.05) is 26.1 Å². The Morgan fingerprint density at radius 3 is 2.86 bits per heavy atom. The number of amides is 1. The maximum Gasteiger partial charge on any atom is 0.255 e. The highest BCUT2D eigenvalue weighted by molar-refractivity contribution is 7.13. The van der Waals surface area contributed by atoms with Crippen LogP contribution in [0.1, 0.15) is 55.1 Å². The van der Waals surface area contributed by atoms with Gasteiger partial charge in [-0.05, 0) is 55.5 Å². The van der Waals surface area contributed by atoms with Crippen LogP contribution in [0.5, 0.6) is 0 Å². The molecule has 3 unspecified atom stereocenters. The van der Waals surface area contributed by atoms with Crippen molar-refractivity contribution < 1.29 is 4.79 Å². The number of pyridine rings is 1. The van der Waals surface area contributed by atoms with E-state index in [0.29, 0.717) is 17.9 Å². The molecule has 1 aliphatic carbocycles. The average Bonchev–Trinajstić information content (AvgIpc) is 3.36. The average molecular weight is 409 g/mol. The number of aromatic nitrogens is 3. The zero-order valence-corrected chi connectivity index (χ0v) is 18.2. The fraction of sp³-hybridized carbons (Fsp3) is 0.522. The van der Waals surface area contributed by atoms with E-state index in [1.165, 1.54) is 19.3 Å². The Morgan fingerprint density at radius 2 is 2.07 bits per heavy atom. The van der Waals surface area contributed by atoms with Gasteiger partial charge in [0.25, 0.3) is 5.91 Å². The Kier molecular flexibility index (Phi) is 4.69. The summed E-state index contributed by atoms with van der Waals surface area (Å²) in [7, 11) is 1.91. The lowest BCUT2D eigenvalue weighted by Gasteiger charge is -2.47. The van der Waals surface area contributed by atoms with Crippen LogP contribution in [0, 0.1) is 18.8 Å². The van der Waals surface area contributed by atoms with Crippen molar-refractivity contribution in [3.63, 3.8) is 0 Å². The van der Waals surface area contributed by atoms with E-state index in [9.17, 15) is 4.79 Å². The molecule has 1 saturated heterocycles. The number of rotatable bonds is 2. The van der Waals surface area contributed by atoms with Gasteiger partial charge < -0.3 is 4.90 Å². The first-order valence-corrected chi connectivity index (χ1v) is 11.6. The molecule has 5 nitrogen and oxygen atoms in total. The second-order valence-corrected chi connectivity index (χ2v) is 9.67. The summed E-state index contributed by atoms with van der Waals surface area (Å²) in [6, 6.07) is 6.47. The summed E-state index contributed by atoms with van der Waals surface area (Å²) < 4.78 is 1.81. The minimum Gasteiger partial charge on any atom is -0.335 e. The van der Waals surface area contributed by atoms with Crippen LogP contribution in [0.2, 0.25) is 0 Å². The van der Waals surface area contributed by atoms with E-state index in [-0.39, 0.29) is 5.91 Å². The SMILES string of the molecule is Cc1nn(C)c2nc(-c3cccs3)cc(C(=O)N3CCC(C)C4CCCCC43)c12. The topological polar surface area (TPSA) is 51.0 Å². The van der Waals surface area contributed by atoms with Crippen molar-refractivity contribution >= 4 is 28.3 Å². The Hall–Kier alpha value is -2.21. The van der Waals surface area contributed by atoms with Gasteiger partial charge in [-0.25, -0.2) is 4.98 Å². The first-order chi connectivity index (χ1) is 14.0. The molecule has 2 fully saturated rings. The third-order valence-electron chi connectivity index (χ3n) is 6.97. The maximum absolute atomic E-state index is 13.9. The minimum atomic E-state index is 0.162. The van der Waals surface area contributed by atoms with Crippen molar-refractivity contribution in [1.82, 2.24) is 19.7 Å². The molecule has 3 atom stereocenters. The Bertz CT molecular complexity index is 1050. The number of thiophene rings is 1. The van der Waals surface area contributed by atoms with Gasteiger partial charge in [0.05, 0.1) is 27.2 Å². The van der Waals surface area contributed by atoms with E-state index in [1.54, 1.807) is 16.0 Å². The van der Waals surface area contributed by atoms with Gasteiger partial charge in [-0.2, -0.15) is 5.10 Å². The highest BCUT2D eigenvalue weighted by Crippen LogP contribution is 2.40. The van der Waals surface area contributed by atoms with Gasteiger partial charge >= 0.3 is 0 Å². The predicted molar refractivity (Wildman–Crippen MR) is 117 cm³/mol. The lowest BCUT2D eigenvalue weighted by molar-refractivity contribution is 0.0219. The zero-order valence-electron chi connectivity index (χ0n) is 17.4. The summed E-state index contributed by atoms with van der Waals surface area (Å²) >= 11 is 1.65. The second-order valence-electron chi connectivity index (χ2n) is 8.72. The molecule has 0 N–H and O–H groups in total. The van der Waals surface area contributed by atoms with E-state index < -0.39 is 0 Å². The van der Waals surface area contributed by atoms with Gasteiger partial charge in [-0.15, -0.1) is 11.3 Å². The van der Waals surface area contributed by atoms with Crippen LogP contribution in [-0.4, -0.2) is 38.2 Å². The highest BCUT2D eigenvalue weighted by atomic mass is 32.1. The highest BCUT2D eigenvalue weighted by Gasteiger charge is 2.40. The summed E-state index contributed by atoms with van der Waals surface area (Å²) in [5.74, 6) is 1.52. The van der Waals surface area contributed by atoms with Crippen LogP contribution >= 0.6 is 11.3 Å². The van der Waals surface area contributed by atoms with Gasteiger partial charge in [-0.1, -0.05) is 25.8 Å². The van der Waals surface area contributed by atoms with Crippen LogP contribution < -0.4 is 0 Å². The predicted octanol–water partition coefficient (Wildman–Crippen LogP) is 5.05. The van der Waals surface area contributed by atoms with Crippen molar-refractivity contribution in [2.75, 3.05) is 6.54 Å². The molecule has 5 rings (SSSR count). The van der Waals surface area contributed by atoms with Crippen LogP contribution in [0.25, 0.3) is 21.6 Å². The smallest absolute Gasteiger partial charge is 0.255 e. The normalized spacial score (nSPS) is 24.7. The molecular formula is C23H28N4OS. The van der Waals surface area contributed by atoms with Crippen LogP contribution in [0.4, 0.5) is 0 Å². The molecule has 3 aromatic heterocycles. The molecule has 0 aromatic carbocycles. The molecule has 0 bridgehead atoms. The van der Waals surface area contributed by atoms with Gasteiger partial charge in [0.2, 0.25) is 0 Å². The number of nitrogens with zero attached hydrogens (tertiary/aromatic N) is 4. The lowest BCUT2D eigenvalue weighted by atomic mass is 9.72. The molecule has 3 aromatic rings. The molecule has 0 radical (unpaired) electrons. The summed E-state index contributed by atoms with van der Waals surface area (Å²) in [4.78, 5) is 22.1. The molecular weight excluding hydrogens is 380 g/mol. The lowest BCUT2D eigenvalue weighted by Crippen LogP contribution is -2.52. The van der Waals surface area contributed by atoms with Gasteiger partial charge in [0.1, 0.15) is 0 Å². The Balaban J connectivity index is 1.62. The number of hydrogen-bond acceptors (Lipinski definition) is 4. The molecule has 4 heterocycles. The van der Waals surface area contributed by atoms with E-state index >= 15 is 0 Å². The van der Waals surface area contributed by atoms with E-state index in [2.05, 4.69) is 28.4 Å². The van der Waals surface area contributed by atoms with Gasteiger partial charge in [-0.3, -0.25) is 9.48 Å². The second kappa shape index (κ2) is 7.24. The summed E-state index contributed by atoms with van der Waals surface area (Å²) in [6.45, 7) is 5.21.